The van der Waals surface area contributed by atoms with Crippen LogP contribution in [0.1, 0.15) is 0 Å². The van der Waals surface area contributed by atoms with Gasteiger partial charge in [0.2, 0.25) is 0 Å². The SMILES string of the molecule is CO/N=C/C([O])=O. The number of oxime groups is 1. The summed E-state index contributed by atoms with van der Waals surface area (Å²) in [4.78, 5) is 13.4. The second kappa shape index (κ2) is 3.14. The lowest BCUT2D eigenvalue weighted by Gasteiger charge is -1.76. The Morgan fingerprint density at radius 1 is 1.86 bits per heavy atom. The molecule has 4 nitrogen and oxygen atoms in total. The van der Waals surface area contributed by atoms with E-state index in [1.807, 2.05) is 0 Å². The van der Waals surface area contributed by atoms with E-state index in [1.165, 1.54) is 7.11 Å². The van der Waals surface area contributed by atoms with Crippen LogP contribution in [0.2, 0.25) is 0 Å². The molecule has 0 atom stereocenters. The third kappa shape index (κ3) is 4.94. The minimum Gasteiger partial charge on any atom is -0.399 e. The van der Waals surface area contributed by atoms with Gasteiger partial charge in [-0.25, -0.2) is 9.90 Å². The Labute approximate surface area is 40.4 Å². The second-order valence-electron chi connectivity index (χ2n) is 0.736. The molecule has 0 spiro atoms. The van der Waals surface area contributed by atoms with Crippen molar-refractivity contribution in [3.8, 4) is 0 Å². The first-order valence-electron chi connectivity index (χ1n) is 1.55. The molecular formula is C3H4NO3. The van der Waals surface area contributed by atoms with Crippen LogP contribution in [0.25, 0.3) is 0 Å². The molecule has 0 aliphatic rings. The summed E-state index contributed by atoms with van der Waals surface area (Å²) in [5.41, 5.74) is 0. The lowest BCUT2D eigenvalue weighted by Crippen LogP contribution is -1.91. The van der Waals surface area contributed by atoms with Crippen molar-refractivity contribution >= 4 is 12.2 Å². The summed E-state index contributed by atoms with van der Waals surface area (Å²) in [6, 6.07) is 0. The van der Waals surface area contributed by atoms with Crippen LogP contribution < -0.4 is 0 Å². The highest BCUT2D eigenvalue weighted by Gasteiger charge is 1.86. The van der Waals surface area contributed by atoms with Gasteiger partial charge in [0, 0.05) is 0 Å². The molecule has 0 amide bonds. The van der Waals surface area contributed by atoms with Gasteiger partial charge in [0.05, 0.1) is 0 Å². The standard InChI is InChI=1S/C3H4NO3/c1-7-4-2-3(5)6/h2H,1H3/b4-2+. The lowest BCUT2D eigenvalue weighted by atomic mass is 10.8. The molecule has 0 bridgehead atoms. The fraction of sp³-hybridized carbons (Fsp3) is 0.333. The van der Waals surface area contributed by atoms with Crippen molar-refractivity contribution < 1.29 is 14.7 Å². The van der Waals surface area contributed by atoms with E-state index in [0.29, 0.717) is 6.21 Å². The lowest BCUT2D eigenvalue weighted by molar-refractivity contribution is -0.134. The summed E-state index contributed by atoms with van der Waals surface area (Å²) in [6.07, 6.45) is 0.556. The van der Waals surface area contributed by atoms with Crippen LogP contribution in [0.4, 0.5) is 0 Å². The average molecular weight is 102 g/mol. The maximum absolute atomic E-state index is 9.42. The molecule has 0 rings (SSSR count). The molecule has 0 saturated heterocycles. The second-order valence-corrected chi connectivity index (χ2v) is 0.736. The molecule has 1 radical (unpaired) electrons. The topological polar surface area (TPSA) is 58.6 Å². The van der Waals surface area contributed by atoms with Gasteiger partial charge in [-0.05, 0) is 0 Å². The monoisotopic (exact) mass is 102 g/mol. The molecule has 0 heterocycles. The summed E-state index contributed by atoms with van der Waals surface area (Å²) in [6.45, 7) is 0. The fourth-order valence-electron chi connectivity index (χ4n) is 0.0957. The minimum absolute atomic E-state index is 0.556. The Bertz CT molecular complexity index is 88.2. The zero-order chi connectivity index (χ0) is 5.70. The molecule has 0 aromatic carbocycles. The van der Waals surface area contributed by atoms with Gasteiger partial charge in [-0.2, -0.15) is 0 Å². The number of carbonyl (C=O) groups excluding carboxylic acids is 1. The molecule has 4 heteroatoms. The molecule has 0 aliphatic heterocycles. The Hall–Kier alpha value is -1.06. The summed E-state index contributed by atoms with van der Waals surface area (Å²) >= 11 is 0. The maximum Gasteiger partial charge on any atom is 0.400 e. The zero-order valence-corrected chi connectivity index (χ0v) is 3.75. The van der Waals surface area contributed by atoms with E-state index in [1.54, 1.807) is 0 Å². The predicted molar refractivity (Wildman–Crippen MR) is 21.2 cm³/mol. The third-order valence-corrected chi connectivity index (χ3v) is 0.264. The van der Waals surface area contributed by atoms with E-state index >= 15 is 0 Å². The smallest absolute Gasteiger partial charge is 0.399 e. The molecule has 39 valence electrons. The Morgan fingerprint density at radius 3 is 2.57 bits per heavy atom. The van der Waals surface area contributed by atoms with Gasteiger partial charge in [0.1, 0.15) is 7.11 Å². The van der Waals surface area contributed by atoms with Crippen molar-refractivity contribution in [2.75, 3.05) is 7.11 Å². The number of carbonyl (C=O) groups is 1. The van der Waals surface area contributed by atoms with Crippen molar-refractivity contribution in [1.29, 1.82) is 0 Å². The van der Waals surface area contributed by atoms with E-state index in [0.717, 1.165) is 0 Å². The molecule has 0 fully saturated rings. The highest BCUT2D eigenvalue weighted by Crippen LogP contribution is 1.62. The van der Waals surface area contributed by atoms with Crippen LogP contribution in [-0.2, 0) is 14.7 Å². The molecule has 0 aromatic rings. The van der Waals surface area contributed by atoms with Crippen LogP contribution >= 0.6 is 0 Å². The first-order valence-corrected chi connectivity index (χ1v) is 1.55. The molecule has 0 N–H and O–H groups in total. The largest absolute Gasteiger partial charge is 0.400 e. The van der Waals surface area contributed by atoms with Gasteiger partial charge >= 0.3 is 5.97 Å². The third-order valence-electron chi connectivity index (χ3n) is 0.264. The van der Waals surface area contributed by atoms with Gasteiger partial charge in [-0.15, -0.1) is 0 Å². The highest BCUT2D eigenvalue weighted by molar-refractivity contribution is 6.21. The number of hydrogen-bond acceptors (Lipinski definition) is 3. The van der Waals surface area contributed by atoms with Gasteiger partial charge < -0.3 is 4.84 Å². The minimum atomic E-state index is -1.36. The molecule has 0 unspecified atom stereocenters. The van der Waals surface area contributed by atoms with E-state index in [9.17, 15) is 9.90 Å². The normalized spacial score (nSPS) is 9.29. The van der Waals surface area contributed by atoms with Crippen LogP contribution in [0.5, 0.6) is 0 Å². The molecule has 0 saturated carbocycles. The maximum atomic E-state index is 9.42. The van der Waals surface area contributed by atoms with Crippen LogP contribution in [0, 0.1) is 0 Å². The van der Waals surface area contributed by atoms with E-state index < -0.39 is 5.97 Å². The van der Waals surface area contributed by atoms with Crippen molar-refractivity contribution in [3.63, 3.8) is 0 Å². The number of nitrogens with zero attached hydrogens (tertiary/aromatic N) is 1. The average Bonchev–Trinajstić information content (AvgIpc) is 1.61. The molecule has 0 aromatic heterocycles. The van der Waals surface area contributed by atoms with Crippen molar-refractivity contribution in [1.82, 2.24) is 0 Å². The van der Waals surface area contributed by atoms with Crippen molar-refractivity contribution in [3.05, 3.63) is 0 Å². The summed E-state index contributed by atoms with van der Waals surface area (Å²) in [5, 5.41) is 12.3. The fourth-order valence-corrected chi connectivity index (χ4v) is 0.0957. The number of hydrogen-bond donors (Lipinski definition) is 0. The van der Waals surface area contributed by atoms with Crippen LogP contribution in [0.15, 0.2) is 5.16 Å². The first-order chi connectivity index (χ1) is 3.27. The summed E-state index contributed by atoms with van der Waals surface area (Å²) < 4.78 is 0. The van der Waals surface area contributed by atoms with E-state index in [4.69, 9.17) is 0 Å². The summed E-state index contributed by atoms with van der Waals surface area (Å²) in [7, 11) is 1.25. The van der Waals surface area contributed by atoms with Gasteiger partial charge in [0.25, 0.3) is 0 Å². The Morgan fingerprint density at radius 2 is 2.43 bits per heavy atom. The highest BCUT2D eigenvalue weighted by atomic mass is 16.6. The van der Waals surface area contributed by atoms with Gasteiger partial charge in [0.15, 0.2) is 6.21 Å². The predicted octanol–water partition coefficient (Wildman–Crippen LogP) is -0.424. The van der Waals surface area contributed by atoms with Gasteiger partial charge in [-0.1, -0.05) is 5.16 Å². The Kier molecular flexibility index (Phi) is 2.67. The number of rotatable bonds is 2. The first kappa shape index (κ1) is 5.94. The van der Waals surface area contributed by atoms with Crippen LogP contribution in [0.3, 0.4) is 0 Å². The quantitative estimate of drug-likeness (QED) is 0.351. The van der Waals surface area contributed by atoms with E-state index in [-0.39, 0.29) is 0 Å². The van der Waals surface area contributed by atoms with Crippen molar-refractivity contribution in [2.24, 2.45) is 5.16 Å². The van der Waals surface area contributed by atoms with Crippen LogP contribution in [-0.4, -0.2) is 19.3 Å². The van der Waals surface area contributed by atoms with E-state index in [2.05, 4.69) is 9.99 Å². The summed E-state index contributed by atoms with van der Waals surface area (Å²) in [5.74, 6) is -1.36. The zero-order valence-electron chi connectivity index (χ0n) is 3.75. The van der Waals surface area contributed by atoms with Gasteiger partial charge in [-0.3, -0.25) is 0 Å². The molecular weight excluding hydrogens is 98.0 g/mol. The Balaban J connectivity index is 3.26. The van der Waals surface area contributed by atoms with Crippen molar-refractivity contribution in [2.45, 2.75) is 0 Å². The molecule has 0 aliphatic carbocycles. The molecule has 7 heavy (non-hydrogen) atoms.